The third-order valence-corrected chi connectivity index (χ3v) is 3.51. The molecule has 1 rings (SSSR count). The third-order valence-electron chi connectivity index (χ3n) is 2.56. The fraction of sp³-hybridized carbons (Fsp3) is 0.455. The van der Waals surface area contributed by atoms with Gasteiger partial charge in [0.25, 0.3) is 0 Å². The summed E-state index contributed by atoms with van der Waals surface area (Å²) in [4.78, 5) is 22.9. The molecular formula is C11H16N2O6S. The molecule has 0 spiro atoms. The topological polar surface area (TPSA) is 126 Å². The number of carbonyl (C=O) groups is 2. The van der Waals surface area contributed by atoms with Gasteiger partial charge in [0.2, 0.25) is 0 Å². The second-order valence-corrected chi connectivity index (χ2v) is 6.68. The number of rotatable bonds is 6. The molecule has 2 amide bonds. The first-order valence-electron chi connectivity index (χ1n) is 5.66. The van der Waals surface area contributed by atoms with Crippen molar-refractivity contribution in [2.75, 3.05) is 18.6 Å². The number of carboxylic acids is 1. The van der Waals surface area contributed by atoms with Crippen LogP contribution in [0.3, 0.4) is 0 Å². The van der Waals surface area contributed by atoms with E-state index >= 15 is 0 Å². The van der Waals surface area contributed by atoms with Gasteiger partial charge < -0.3 is 20.2 Å². The molecule has 0 bridgehead atoms. The monoisotopic (exact) mass is 304 g/mol. The van der Waals surface area contributed by atoms with Gasteiger partial charge in [-0.1, -0.05) is 0 Å². The predicted octanol–water partition coefficient (Wildman–Crippen LogP) is -0.0768. The van der Waals surface area contributed by atoms with E-state index in [1.807, 2.05) is 0 Å². The normalized spacial score (nSPS) is 14.3. The van der Waals surface area contributed by atoms with Crippen LogP contribution < -0.4 is 10.6 Å². The van der Waals surface area contributed by atoms with Gasteiger partial charge in [-0.3, -0.25) is 0 Å². The Balaban J connectivity index is 2.68. The maximum absolute atomic E-state index is 11.6. The number of sulfone groups is 1. The van der Waals surface area contributed by atoms with Crippen LogP contribution >= 0.6 is 0 Å². The molecule has 0 aliphatic heterocycles. The van der Waals surface area contributed by atoms with E-state index in [0.717, 1.165) is 6.26 Å². The summed E-state index contributed by atoms with van der Waals surface area (Å²) in [6, 6.07) is 2.12. The minimum atomic E-state index is -3.20. The highest BCUT2D eigenvalue weighted by Gasteiger charge is 2.39. The number of hydrogen-bond donors (Lipinski definition) is 3. The van der Waals surface area contributed by atoms with Crippen LogP contribution in [0.15, 0.2) is 22.8 Å². The molecule has 8 nitrogen and oxygen atoms in total. The zero-order valence-electron chi connectivity index (χ0n) is 11.0. The molecule has 0 saturated carbocycles. The van der Waals surface area contributed by atoms with Crippen molar-refractivity contribution in [1.29, 1.82) is 0 Å². The van der Waals surface area contributed by atoms with E-state index in [0.29, 0.717) is 0 Å². The Kier molecular flexibility index (Phi) is 4.77. The van der Waals surface area contributed by atoms with Crippen molar-refractivity contribution < 1.29 is 27.5 Å². The highest BCUT2D eigenvalue weighted by atomic mass is 32.2. The first-order chi connectivity index (χ1) is 9.15. The van der Waals surface area contributed by atoms with Gasteiger partial charge in [0.05, 0.1) is 12.0 Å². The van der Waals surface area contributed by atoms with Gasteiger partial charge in [-0.15, -0.1) is 0 Å². The summed E-state index contributed by atoms with van der Waals surface area (Å²) < 4.78 is 26.8. The number of carboxylic acid groups (broad SMARTS) is 1. The minimum Gasteiger partial charge on any atom is -0.479 e. The fourth-order valence-electron chi connectivity index (χ4n) is 1.40. The number of furan rings is 1. The number of amides is 2. The molecule has 20 heavy (non-hydrogen) atoms. The van der Waals surface area contributed by atoms with Crippen LogP contribution in [-0.2, 0) is 20.2 Å². The van der Waals surface area contributed by atoms with Gasteiger partial charge in [-0.05, 0) is 19.1 Å². The Labute approximate surface area is 116 Å². The van der Waals surface area contributed by atoms with Crippen LogP contribution in [0.4, 0.5) is 4.79 Å². The Bertz CT molecular complexity index is 580. The Hall–Kier alpha value is -2.03. The average molecular weight is 304 g/mol. The second kappa shape index (κ2) is 5.95. The van der Waals surface area contributed by atoms with E-state index in [4.69, 9.17) is 4.42 Å². The number of carbonyl (C=O) groups excluding carboxylic acids is 1. The van der Waals surface area contributed by atoms with E-state index in [1.165, 1.54) is 25.3 Å². The zero-order chi connectivity index (χ0) is 15.4. The van der Waals surface area contributed by atoms with E-state index in [1.54, 1.807) is 0 Å². The van der Waals surface area contributed by atoms with E-state index in [2.05, 4.69) is 10.6 Å². The Morgan fingerprint density at radius 3 is 2.55 bits per heavy atom. The minimum absolute atomic E-state index is 0.0586. The van der Waals surface area contributed by atoms with Crippen molar-refractivity contribution >= 4 is 21.8 Å². The molecule has 0 radical (unpaired) electrons. The molecule has 1 unspecified atom stereocenters. The lowest BCUT2D eigenvalue weighted by molar-refractivity contribution is -0.144. The molecule has 1 aromatic heterocycles. The molecule has 0 saturated heterocycles. The van der Waals surface area contributed by atoms with Gasteiger partial charge in [0.15, 0.2) is 5.54 Å². The summed E-state index contributed by atoms with van der Waals surface area (Å²) >= 11 is 0. The zero-order valence-corrected chi connectivity index (χ0v) is 11.9. The largest absolute Gasteiger partial charge is 0.479 e. The van der Waals surface area contributed by atoms with Crippen molar-refractivity contribution in [2.24, 2.45) is 0 Å². The van der Waals surface area contributed by atoms with Crippen LogP contribution in [-0.4, -0.2) is 44.1 Å². The third kappa shape index (κ3) is 4.26. The smallest absolute Gasteiger partial charge is 0.337 e. The fourth-order valence-corrected chi connectivity index (χ4v) is 1.88. The molecule has 112 valence electrons. The number of nitrogens with one attached hydrogen (secondary N) is 2. The van der Waals surface area contributed by atoms with Gasteiger partial charge in [0.1, 0.15) is 15.6 Å². The summed E-state index contributed by atoms with van der Waals surface area (Å²) in [5, 5.41) is 13.7. The summed E-state index contributed by atoms with van der Waals surface area (Å²) in [7, 11) is -3.20. The molecule has 3 N–H and O–H groups in total. The van der Waals surface area contributed by atoms with Crippen LogP contribution in [0.1, 0.15) is 12.7 Å². The van der Waals surface area contributed by atoms with Crippen LogP contribution in [0.5, 0.6) is 0 Å². The SMILES string of the molecule is CC(NC(=O)NCCS(C)(=O)=O)(C(=O)O)c1ccco1. The van der Waals surface area contributed by atoms with Gasteiger partial charge in [-0.2, -0.15) is 0 Å². The van der Waals surface area contributed by atoms with Crippen molar-refractivity contribution in [2.45, 2.75) is 12.5 Å². The first-order valence-corrected chi connectivity index (χ1v) is 7.72. The lowest BCUT2D eigenvalue weighted by Gasteiger charge is -2.24. The molecule has 1 atom stereocenters. The quantitative estimate of drug-likeness (QED) is 0.675. The lowest BCUT2D eigenvalue weighted by Crippen LogP contribution is -2.53. The Morgan fingerprint density at radius 2 is 2.10 bits per heavy atom. The second-order valence-electron chi connectivity index (χ2n) is 4.42. The lowest BCUT2D eigenvalue weighted by atomic mass is 9.99. The average Bonchev–Trinajstić information content (AvgIpc) is 2.80. The first kappa shape index (κ1) is 16.0. The van der Waals surface area contributed by atoms with Crippen LogP contribution in [0.25, 0.3) is 0 Å². The summed E-state index contributed by atoms with van der Waals surface area (Å²) in [6.07, 6.45) is 2.33. The molecule has 1 heterocycles. The molecule has 0 fully saturated rings. The van der Waals surface area contributed by atoms with Crippen LogP contribution in [0.2, 0.25) is 0 Å². The van der Waals surface area contributed by atoms with Crippen molar-refractivity contribution in [3.05, 3.63) is 24.2 Å². The summed E-state index contributed by atoms with van der Waals surface area (Å²) in [5.74, 6) is -1.47. The number of urea groups is 1. The van der Waals surface area contributed by atoms with Gasteiger partial charge in [0, 0.05) is 12.8 Å². The maximum atomic E-state index is 11.6. The Morgan fingerprint density at radius 1 is 1.45 bits per heavy atom. The van der Waals surface area contributed by atoms with E-state index in [9.17, 15) is 23.1 Å². The summed E-state index contributed by atoms with van der Waals surface area (Å²) in [6.45, 7) is 1.16. The van der Waals surface area contributed by atoms with E-state index < -0.39 is 27.4 Å². The number of hydrogen-bond acceptors (Lipinski definition) is 5. The molecule has 0 aliphatic carbocycles. The van der Waals surface area contributed by atoms with Crippen molar-refractivity contribution in [3.63, 3.8) is 0 Å². The highest BCUT2D eigenvalue weighted by molar-refractivity contribution is 7.90. The summed E-state index contributed by atoms with van der Waals surface area (Å²) in [5.41, 5.74) is -1.74. The molecule has 0 aliphatic rings. The van der Waals surface area contributed by atoms with Crippen molar-refractivity contribution in [1.82, 2.24) is 10.6 Å². The molecule has 1 aromatic rings. The van der Waals surface area contributed by atoms with Gasteiger partial charge in [-0.25, -0.2) is 18.0 Å². The maximum Gasteiger partial charge on any atom is 0.337 e. The molecular weight excluding hydrogens is 288 g/mol. The highest BCUT2D eigenvalue weighted by Crippen LogP contribution is 2.21. The number of aliphatic carboxylic acids is 1. The standard InChI is InChI=1S/C11H16N2O6S/c1-11(9(14)15,8-4-3-6-19-8)13-10(16)12-5-7-20(2,17)18/h3-4,6H,5,7H2,1-2H3,(H,14,15)(H2,12,13,16). The van der Waals surface area contributed by atoms with Gasteiger partial charge >= 0.3 is 12.0 Å². The molecule has 9 heteroatoms. The predicted molar refractivity (Wildman–Crippen MR) is 69.9 cm³/mol. The van der Waals surface area contributed by atoms with Crippen molar-refractivity contribution in [3.8, 4) is 0 Å². The molecule has 0 aromatic carbocycles. The van der Waals surface area contributed by atoms with E-state index in [-0.39, 0.29) is 18.1 Å². The van der Waals surface area contributed by atoms with Crippen LogP contribution in [0, 0.1) is 0 Å².